The van der Waals surface area contributed by atoms with Crippen LogP contribution in [0.5, 0.6) is 0 Å². The summed E-state index contributed by atoms with van der Waals surface area (Å²) < 4.78 is 24.4. The van der Waals surface area contributed by atoms with Gasteiger partial charge in [0, 0.05) is 42.3 Å². The van der Waals surface area contributed by atoms with E-state index < -0.39 is 85.2 Å². The number of pyridine rings is 1. The molecular formula is C51H68N4O11. The van der Waals surface area contributed by atoms with E-state index in [0.29, 0.717) is 18.6 Å². The zero-order valence-electron chi connectivity index (χ0n) is 39.1. The molecular weight excluding hydrogens is 845 g/mol. The van der Waals surface area contributed by atoms with Crippen molar-refractivity contribution in [2.45, 2.75) is 116 Å². The van der Waals surface area contributed by atoms with E-state index in [1.807, 2.05) is 112 Å². The lowest BCUT2D eigenvalue weighted by molar-refractivity contribution is -0.304. The number of allylic oxidation sites excluding steroid dienone is 3. The van der Waals surface area contributed by atoms with Gasteiger partial charge in [-0.05, 0) is 82.1 Å². The molecule has 12 atom stereocenters. The van der Waals surface area contributed by atoms with Gasteiger partial charge in [-0.15, -0.1) is 0 Å². The average molecular weight is 913 g/mol. The van der Waals surface area contributed by atoms with Crippen molar-refractivity contribution in [3.8, 4) is 0 Å². The number of nitrogens with one attached hydrogen (secondary N) is 1. The lowest BCUT2D eigenvalue weighted by Crippen LogP contribution is -2.63. The number of rotatable bonds is 14. The molecule has 0 saturated carbocycles. The summed E-state index contributed by atoms with van der Waals surface area (Å²) in [5, 5.41) is 42.6. The van der Waals surface area contributed by atoms with E-state index in [4.69, 9.17) is 23.8 Å². The minimum atomic E-state index is -1.32. The molecule has 2 aliphatic rings. The normalized spacial score (nSPS) is 31.2. The molecule has 1 fully saturated rings. The van der Waals surface area contributed by atoms with E-state index in [2.05, 4.69) is 15.5 Å². The summed E-state index contributed by atoms with van der Waals surface area (Å²) in [6, 6.07) is 18.6. The number of amides is 1. The number of esters is 1. The van der Waals surface area contributed by atoms with Crippen LogP contribution in [0.15, 0.2) is 102 Å². The third-order valence-electron chi connectivity index (χ3n) is 12.3. The van der Waals surface area contributed by atoms with Gasteiger partial charge in [0.05, 0.1) is 48.1 Å². The Kier molecular flexibility index (Phi) is 20.0. The number of benzene rings is 2. The van der Waals surface area contributed by atoms with Crippen LogP contribution in [0.1, 0.15) is 71.4 Å². The number of likely N-dealkylation sites (N-methyl/N-ethyl adjacent to an activating group) is 1. The number of oxime groups is 1. The number of alkyl carbamates (subject to hydrolysis) is 1. The Morgan fingerprint density at radius 1 is 1.03 bits per heavy atom. The summed E-state index contributed by atoms with van der Waals surface area (Å²) >= 11 is 0. The molecule has 1 amide bonds. The molecule has 2 aliphatic heterocycles. The van der Waals surface area contributed by atoms with Crippen LogP contribution < -0.4 is 5.32 Å². The Bertz CT molecular complexity index is 2150. The van der Waals surface area contributed by atoms with E-state index in [-0.39, 0.29) is 32.1 Å². The van der Waals surface area contributed by atoms with E-state index in [0.717, 1.165) is 33.9 Å². The summed E-state index contributed by atoms with van der Waals surface area (Å²) in [4.78, 5) is 51.1. The SMILES string of the molecule is CC[C@H]1OC(=O)C[C@@H](O)[C@H](C)[C@@H](O[C@H]2O[C@@H](C)[C@H](O)[C@@H](N(C)C)[C@@H]2O)[C@@H](CC=O)C[C@@H](C)C(=N\OC/C=C/c2cnc3ccccc3c2)/C=C/C(C)=C/C1COC(=O)NCc1ccccc1. The molecule has 358 valence electrons. The fraction of sp³-hybridized carbons (Fsp3) is 0.510. The maximum absolute atomic E-state index is 13.7. The third kappa shape index (κ3) is 14.9. The number of fused-ring (bicyclic) bond motifs is 1. The predicted molar refractivity (Wildman–Crippen MR) is 252 cm³/mol. The van der Waals surface area contributed by atoms with E-state index in [9.17, 15) is 29.7 Å². The Morgan fingerprint density at radius 2 is 1.77 bits per heavy atom. The van der Waals surface area contributed by atoms with Gasteiger partial charge in [0.15, 0.2) is 6.29 Å². The Labute approximate surface area is 388 Å². The summed E-state index contributed by atoms with van der Waals surface area (Å²) in [5.74, 6) is -2.98. The van der Waals surface area contributed by atoms with Gasteiger partial charge in [0.1, 0.15) is 31.7 Å². The summed E-state index contributed by atoms with van der Waals surface area (Å²) in [6.45, 7) is 9.38. The monoisotopic (exact) mass is 912 g/mol. The van der Waals surface area contributed by atoms with Crippen LogP contribution in [0.4, 0.5) is 4.79 Å². The van der Waals surface area contributed by atoms with Crippen LogP contribution in [0.25, 0.3) is 17.0 Å². The third-order valence-corrected chi connectivity index (χ3v) is 12.3. The van der Waals surface area contributed by atoms with Crippen LogP contribution in [0.2, 0.25) is 0 Å². The standard InChI is InChI=1S/C51H68N4O11/c1-8-44-40(31-62-51(61)53-29-36-15-10-9-11-16-36)25-32(2)20-21-41(54-63-24-14-17-37-27-38-18-12-13-19-42(38)52-30-37)33(3)26-39(22-23-56)49(34(4)43(57)28-45(58)65-44)66-50-48(60)46(55(6)7)47(59)35(5)64-50/h9-21,23,25,27,30,33-35,39-40,43-44,46-50,57,59-60H,8,22,24,26,28-29,31H2,1-7H3,(H,53,61)/b17-14+,21-20+,32-25+,54-41-/t33-,34+,35+,39+,40?,43-,44-,46-,47+,48+,49-,50-/m1/s1. The highest BCUT2D eigenvalue weighted by atomic mass is 16.7. The zero-order chi connectivity index (χ0) is 47.8. The van der Waals surface area contributed by atoms with Crippen molar-refractivity contribution >= 4 is 41.0 Å². The molecule has 3 heterocycles. The molecule has 5 rings (SSSR count). The number of para-hydroxylation sites is 1. The Hall–Kier alpha value is -5.29. The number of carbonyl (C=O) groups is 3. The number of aromatic nitrogens is 1. The summed E-state index contributed by atoms with van der Waals surface area (Å²) in [5.41, 5.74) is 4.01. The fourth-order valence-corrected chi connectivity index (χ4v) is 8.55. The van der Waals surface area contributed by atoms with E-state index in [1.165, 1.54) is 0 Å². The molecule has 0 aliphatic carbocycles. The van der Waals surface area contributed by atoms with Crippen molar-refractivity contribution in [3.05, 3.63) is 108 Å². The van der Waals surface area contributed by atoms with Gasteiger partial charge in [-0.3, -0.25) is 9.78 Å². The molecule has 0 radical (unpaired) electrons. The number of aldehydes is 1. The molecule has 15 heteroatoms. The van der Waals surface area contributed by atoms with Crippen LogP contribution in [-0.2, 0) is 39.9 Å². The minimum absolute atomic E-state index is 0.00639. The lowest BCUT2D eigenvalue weighted by Gasteiger charge is -2.46. The molecule has 2 aromatic carbocycles. The van der Waals surface area contributed by atoms with Gasteiger partial charge in [-0.2, -0.15) is 0 Å². The van der Waals surface area contributed by atoms with Crippen LogP contribution in [0, 0.1) is 23.7 Å². The van der Waals surface area contributed by atoms with Crippen LogP contribution in [-0.4, -0.2) is 126 Å². The summed E-state index contributed by atoms with van der Waals surface area (Å²) in [6.07, 6.45) is 4.21. The van der Waals surface area contributed by atoms with Gasteiger partial charge < -0.3 is 54.1 Å². The second kappa shape index (κ2) is 25.6. The number of cyclic esters (lactones) is 1. The number of hydrogen-bond donors (Lipinski definition) is 4. The van der Waals surface area contributed by atoms with Crippen molar-refractivity contribution < 1.29 is 53.5 Å². The Balaban J connectivity index is 1.47. The second-order valence-corrected chi connectivity index (χ2v) is 17.6. The summed E-state index contributed by atoms with van der Waals surface area (Å²) in [7, 11) is 3.47. The van der Waals surface area contributed by atoms with Gasteiger partial charge in [0.25, 0.3) is 0 Å². The molecule has 4 N–H and O–H groups in total. The van der Waals surface area contributed by atoms with Gasteiger partial charge in [-0.25, -0.2) is 4.79 Å². The van der Waals surface area contributed by atoms with E-state index >= 15 is 0 Å². The number of aliphatic hydroxyl groups is 3. The van der Waals surface area contributed by atoms with Crippen molar-refractivity contribution in [1.82, 2.24) is 15.2 Å². The Morgan fingerprint density at radius 3 is 2.50 bits per heavy atom. The molecule has 0 bridgehead atoms. The van der Waals surface area contributed by atoms with Crippen molar-refractivity contribution in [2.75, 3.05) is 27.3 Å². The quantitative estimate of drug-likeness (QED) is 0.0601. The number of hydrogen-bond acceptors (Lipinski definition) is 14. The molecule has 0 spiro atoms. The number of aliphatic hydroxyl groups excluding tert-OH is 3. The van der Waals surface area contributed by atoms with E-state index in [1.54, 1.807) is 39.0 Å². The predicted octanol–water partition coefficient (Wildman–Crippen LogP) is 6.40. The highest BCUT2D eigenvalue weighted by molar-refractivity contribution is 5.96. The molecule has 15 nitrogen and oxygen atoms in total. The van der Waals surface area contributed by atoms with Crippen LogP contribution >= 0.6 is 0 Å². The first kappa shape index (κ1) is 51.7. The van der Waals surface area contributed by atoms with Gasteiger partial charge in [0.2, 0.25) is 0 Å². The lowest BCUT2D eigenvalue weighted by atomic mass is 9.79. The largest absolute Gasteiger partial charge is 0.462 e. The molecule has 1 unspecified atom stereocenters. The number of ether oxygens (including phenoxy) is 4. The van der Waals surface area contributed by atoms with Crippen molar-refractivity contribution in [3.63, 3.8) is 0 Å². The van der Waals surface area contributed by atoms with Gasteiger partial charge in [-0.1, -0.05) is 98.3 Å². The molecule has 1 aromatic heterocycles. The first-order valence-electron chi connectivity index (χ1n) is 22.9. The van der Waals surface area contributed by atoms with Crippen molar-refractivity contribution in [2.24, 2.45) is 28.8 Å². The minimum Gasteiger partial charge on any atom is -0.462 e. The maximum atomic E-state index is 13.7. The van der Waals surface area contributed by atoms with Crippen molar-refractivity contribution in [1.29, 1.82) is 0 Å². The number of carbonyl (C=O) groups excluding carboxylic acids is 3. The first-order chi connectivity index (χ1) is 31.7. The second-order valence-electron chi connectivity index (χ2n) is 17.6. The average Bonchev–Trinajstić information content (AvgIpc) is 3.30. The number of nitrogens with zero attached hydrogens (tertiary/aromatic N) is 3. The molecule has 3 aromatic rings. The molecule has 1 saturated heterocycles. The fourth-order valence-electron chi connectivity index (χ4n) is 8.55. The molecule has 66 heavy (non-hydrogen) atoms. The highest BCUT2D eigenvalue weighted by Gasteiger charge is 2.47. The zero-order valence-corrected chi connectivity index (χ0v) is 39.1. The van der Waals surface area contributed by atoms with Gasteiger partial charge >= 0.3 is 12.1 Å². The van der Waals surface area contributed by atoms with Crippen LogP contribution in [0.3, 0.4) is 0 Å². The highest BCUT2D eigenvalue weighted by Crippen LogP contribution is 2.34. The maximum Gasteiger partial charge on any atom is 0.407 e. The topological polar surface area (TPSA) is 199 Å². The first-order valence-corrected chi connectivity index (χ1v) is 22.9. The smallest absolute Gasteiger partial charge is 0.407 e.